The van der Waals surface area contributed by atoms with Crippen LogP contribution in [0.2, 0.25) is 10.0 Å². The molecular weight excluding hydrogens is 645 g/mol. The molecule has 1 N–H and O–H groups in total. The largest absolute Gasteiger partial charge is 0.359 e. The number of nitrogens with zero attached hydrogens (tertiary/aromatic N) is 4. The van der Waals surface area contributed by atoms with Crippen LogP contribution in [0.15, 0.2) is 45.1 Å². The molecule has 43 heavy (non-hydrogen) atoms. The van der Waals surface area contributed by atoms with Crippen molar-refractivity contribution in [2.45, 2.75) is 52.3 Å². The summed E-state index contributed by atoms with van der Waals surface area (Å²) < 4.78 is 36.8. The first-order valence-corrected chi connectivity index (χ1v) is 17.2. The molecule has 0 saturated carbocycles. The van der Waals surface area contributed by atoms with E-state index in [2.05, 4.69) is 28.9 Å². The van der Waals surface area contributed by atoms with Crippen molar-refractivity contribution >= 4 is 72.6 Å². The summed E-state index contributed by atoms with van der Waals surface area (Å²) in [6.07, 6.45) is 0. The molecular formula is C30H27Cl2N5O3S3. The molecule has 0 bridgehead atoms. The first kappa shape index (κ1) is 29.8. The topological polar surface area (TPSA) is 103 Å². The van der Waals surface area contributed by atoms with Gasteiger partial charge in [-0.1, -0.05) is 28.4 Å². The number of hydrogen-bond donors (Lipinski definition) is 1. The van der Waals surface area contributed by atoms with Gasteiger partial charge in [0.2, 0.25) is 0 Å². The van der Waals surface area contributed by atoms with Crippen LogP contribution in [-0.4, -0.2) is 28.3 Å². The molecule has 6 rings (SSSR count). The lowest BCUT2D eigenvalue weighted by Crippen LogP contribution is -2.13. The number of aryl methyl sites for hydroxylation is 5. The summed E-state index contributed by atoms with van der Waals surface area (Å²) in [5, 5.41) is 10.5. The molecule has 0 fully saturated rings. The average molecular weight is 673 g/mol. The highest BCUT2D eigenvalue weighted by atomic mass is 35.5. The Morgan fingerprint density at radius 1 is 0.953 bits per heavy atom. The monoisotopic (exact) mass is 671 g/mol. The molecule has 222 valence electrons. The highest BCUT2D eigenvalue weighted by Crippen LogP contribution is 2.44. The minimum Gasteiger partial charge on any atom is -0.359 e. The van der Waals surface area contributed by atoms with Crippen LogP contribution in [0.1, 0.15) is 38.0 Å². The summed E-state index contributed by atoms with van der Waals surface area (Å²) in [4.78, 5) is 7.77. The minimum absolute atomic E-state index is 0.0917. The van der Waals surface area contributed by atoms with Crippen LogP contribution >= 0.6 is 45.9 Å². The van der Waals surface area contributed by atoms with Gasteiger partial charge in [-0.05, 0) is 83.5 Å². The van der Waals surface area contributed by atoms with Crippen LogP contribution in [0.4, 0.5) is 5.82 Å². The van der Waals surface area contributed by atoms with Crippen LogP contribution in [0, 0.1) is 41.5 Å². The number of anilines is 1. The van der Waals surface area contributed by atoms with Crippen molar-refractivity contribution in [3.63, 3.8) is 0 Å². The van der Waals surface area contributed by atoms with Crippen molar-refractivity contribution in [3.05, 3.63) is 84.5 Å². The molecule has 13 heteroatoms. The smallest absolute Gasteiger partial charge is 0.273 e. The third kappa shape index (κ3) is 5.49. The van der Waals surface area contributed by atoms with E-state index in [1.165, 1.54) is 4.88 Å². The molecule has 0 saturated heterocycles. The normalized spacial score (nSPS) is 12.0. The summed E-state index contributed by atoms with van der Waals surface area (Å²) in [6, 6.07) is 11.6. The van der Waals surface area contributed by atoms with Gasteiger partial charge in [-0.15, -0.1) is 22.7 Å². The van der Waals surface area contributed by atoms with Crippen molar-refractivity contribution < 1.29 is 12.9 Å². The highest BCUT2D eigenvalue weighted by molar-refractivity contribution is 7.94. The fourth-order valence-corrected chi connectivity index (χ4v) is 9.37. The van der Waals surface area contributed by atoms with Crippen LogP contribution in [-0.2, 0) is 16.6 Å². The van der Waals surface area contributed by atoms with Crippen LogP contribution < -0.4 is 4.72 Å². The molecule has 0 atom stereocenters. The van der Waals surface area contributed by atoms with Gasteiger partial charge in [0.1, 0.15) is 15.7 Å². The molecule has 6 aromatic rings. The van der Waals surface area contributed by atoms with E-state index in [0.717, 1.165) is 54.6 Å². The molecule has 5 aromatic heterocycles. The van der Waals surface area contributed by atoms with Gasteiger partial charge in [0, 0.05) is 37.8 Å². The molecule has 1 aromatic carbocycles. The first-order valence-electron chi connectivity index (χ1n) is 13.3. The van der Waals surface area contributed by atoms with Gasteiger partial charge in [0.05, 0.1) is 32.4 Å². The average Bonchev–Trinajstić information content (AvgIpc) is 3.68. The predicted molar refractivity (Wildman–Crippen MR) is 175 cm³/mol. The number of rotatable bonds is 7. The third-order valence-corrected chi connectivity index (χ3v) is 11.7. The van der Waals surface area contributed by atoms with Gasteiger partial charge in [-0.25, -0.2) is 8.42 Å². The Kier molecular flexibility index (Phi) is 7.67. The third-order valence-electron chi connectivity index (χ3n) is 7.17. The number of aromatic nitrogens is 4. The lowest BCUT2D eigenvalue weighted by molar-refractivity contribution is 0.399. The predicted octanol–water partition coefficient (Wildman–Crippen LogP) is 8.88. The number of thiophene rings is 2. The maximum absolute atomic E-state index is 13.5. The molecule has 0 spiro atoms. The Balaban J connectivity index is 1.40. The van der Waals surface area contributed by atoms with Crippen molar-refractivity contribution in [2.24, 2.45) is 0 Å². The Labute approximate surface area is 267 Å². The van der Waals surface area contributed by atoms with Gasteiger partial charge in [-0.2, -0.15) is 5.10 Å². The van der Waals surface area contributed by atoms with E-state index in [-0.39, 0.29) is 10.0 Å². The van der Waals surface area contributed by atoms with E-state index >= 15 is 0 Å². The maximum Gasteiger partial charge on any atom is 0.273 e. The number of pyridine rings is 1. The van der Waals surface area contributed by atoms with Crippen LogP contribution in [0.3, 0.4) is 0 Å². The maximum atomic E-state index is 13.5. The quantitative estimate of drug-likeness (QED) is 0.182. The fourth-order valence-electron chi connectivity index (χ4n) is 5.08. The summed E-state index contributed by atoms with van der Waals surface area (Å²) >= 11 is 16.6. The SMILES string of the molecule is Cc1cc2c(c(C)n1)c(-c1ccc(C)s1)nn2Cc1cc(Cl)c(-c2cc(C)sc2S(=O)(=O)Nc2noc(C)c2C)c(Cl)c1. The van der Waals surface area contributed by atoms with Gasteiger partial charge >= 0.3 is 0 Å². The van der Waals surface area contributed by atoms with E-state index in [0.29, 0.717) is 39.0 Å². The zero-order valence-corrected chi connectivity index (χ0v) is 28.1. The lowest BCUT2D eigenvalue weighted by Gasteiger charge is -2.13. The van der Waals surface area contributed by atoms with Crippen molar-refractivity contribution in [1.82, 2.24) is 19.9 Å². The zero-order valence-electron chi connectivity index (χ0n) is 24.2. The fraction of sp³-hybridized carbons (Fsp3) is 0.233. The highest BCUT2D eigenvalue weighted by Gasteiger charge is 2.28. The molecule has 8 nitrogen and oxygen atoms in total. The molecule has 0 amide bonds. The van der Waals surface area contributed by atoms with E-state index < -0.39 is 10.0 Å². The van der Waals surface area contributed by atoms with Gasteiger partial charge in [-0.3, -0.25) is 14.4 Å². The van der Waals surface area contributed by atoms with Crippen LogP contribution in [0.25, 0.3) is 32.6 Å². The van der Waals surface area contributed by atoms with E-state index in [9.17, 15) is 8.42 Å². The number of halogens is 2. The Bertz CT molecular complexity index is 2140. The summed E-state index contributed by atoms with van der Waals surface area (Å²) in [5.74, 6) is 0.678. The number of benzene rings is 1. The molecule has 0 unspecified atom stereocenters. The Morgan fingerprint density at radius 2 is 1.67 bits per heavy atom. The van der Waals surface area contributed by atoms with E-state index in [1.54, 1.807) is 31.3 Å². The second-order valence-corrected chi connectivity index (χ2v) is 15.7. The number of fused-ring (bicyclic) bond motifs is 1. The first-order chi connectivity index (χ1) is 20.3. The van der Waals surface area contributed by atoms with Crippen LogP contribution in [0.5, 0.6) is 0 Å². The Morgan fingerprint density at radius 3 is 2.30 bits per heavy atom. The lowest BCUT2D eigenvalue weighted by atomic mass is 10.1. The summed E-state index contributed by atoms with van der Waals surface area (Å²) in [7, 11) is -4.02. The summed E-state index contributed by atoms with van der Waals surface area (Å²) in [6.45, 7) is 11.7. The molecule has 0 aliphatic carbocycles. The second kappa shape index (κ2) is 11.0. The van der Waals surface area contributed by atoms with E-state index in [1.807, 2.05) is 43.7 Å². The van der Waals surface area contributed by atoms with Gasteiger partial charge in [0.25, 0.3) is 10.0 Å². The summed E-state index contributed by atoms with van der Waals surface area (Å²) in [5.41, 5.74) is 5.98. The van der Waals surface area contributed by atoms with Gasteiger partial charge in [0.15, 0.2) is 5.82 Å². The standard InChI is InChI=1S/C30H27Cl2N5O3S3/c1-14-9-24-26(18(5)33-14)28(25-8-7-15(2)41-25)34-37(24)13-20-11-22(31)27(23(32)12-20)21-10-16(3)42-30(21)43(38,39)36-29-17(4)19(6)40-35-29/h7-12H,13H2,1-6H3,(H,35,36). The number of nitrogens with one attached hydrogen (secondary N) is 1. The van der Waals surface area contributed by atoms with Crippen molar-refractivity contribution in [2.75, 3.05) is 4.72 Å². The number of sulfonamides is 1. The molecule has 0 radical (unpaired) electrons. The molecule has 5 heterocycles. The van der Waals surface area contributed by atoms with E-state index in [4.69, 9.17) is 37.8 Å². The van der Waals surface area contributed by atoms with Crippen molar-refractivity contribution in [1.29, 1.82) is 0 Å². The second-order valence-electron chi connectivity index (χ2n) is 10.5. The number of hydrogen-bond acceptors (Lipinski definition) is 8. The van der Waals surface area contributed by atoms with Gasteiger partial charge < -0.3 is 4.52 Å². The zero-order chi connectivity index (χ0) is 30.8. The van der Waals surface area contributed by atoms with Crippen molar-refractivity contribution in [3.8, 4) is 21.7 Å². The molecule has 0 aliphatic heterocycles. The molecule has 0 aliphatic rings. The minimum atomic E-state index is -4.02. The Hall–Kier alpha value is -3.22.